The lowest BCUT2D eigenvalue weighted by Crippen LogP contribution is -2.03. The number of alkyl halides is 1. The number of carbonyl (C=O) groups is 1. The Morgan fingerprint density at radius 2 is 2.21 bits per heavy atom. The number of carbonyl (C=O) groups excluding carboxylic acids is 1. The van der Waals surface area contributed by atoms with Crippen LogP contribution in [0.3, 0.4) is 0 Å². The quantitative estimate of drug-likeness (QED) is 0.586. The summed E-state index contributed by atoms with van der Waals surface area (Å²) in [5.74, 6) is 0.146. The van der Waals surface area contributed by atoms with Gasteiger partial charge < -0.3 is 0 Å². The van der Waals surface area contributed by atoms with Gasteiger partial charge in [-0.15, -0.1) is 0 Å². The molecule has 0 aliphatic carbocycles. The van der Waals surface area contributed by atoms with Crippen molar-refractivity contribution in [1.29, 1.82) is 0 Å². The number of aryl methyl sites for hydroxylation is 1. The van der Waals surface area contributed by atoms with Crippen molar-refractivity contribution in [2.24, 2.45) is 0 Å². The van der Waals surface area contributed by atoms with Gasteiger partial charge in [0.1, 0.15) is 5.78 Å². The third-order valence-electron chi connectivity index (χ3n) is 2.10. The smallest absolute Gasteiger partial charge is 0.147 e. The zero-order valence-corrected chi connectivity index (χ0v) is 11.9. The van der Waals surface area contributed by atoms with E-state index in [1.54, 1.807) is 6.92 Å². The molecule has 0 aliphatic heterocycles. The van der Waals surface area contributed by atoms with Crippen LogP contribution in [0.4, 0.5) is 0 Å². The van der Waals surface area contributed by atoms with Crippen LogP contribution in [-0.2, 0) is 11.2 Å². The van der Waals surface area contributed by atoms with Crippen molar-refractivity contribution in [3.8, 4) is 0 Å². The first-order chi connectivity index (χ1) is 6.56. The summed E-state index contributed by atoms with van der Waals surface area (Å²) in [5.41, 5.74) is 2.37. The minimum absolute atomic E-state index is 0.146. The molecule has 1 unspecified atom stereocenters. The molecular formula is C11H12BrIO. The Labute approximate surface area is 107 Å². The van der Waals surface area contributed by atoms with E-state index in [2.05, 4.69) is 57.6 Å². The van der Waals surface area contributed by atoms with E-state index < -0.39 is 0 Å². The highest BCUT2D eigenvalue weighted by atomic mass is 127. The number of benzene rings is 1. The van der Waals surface area contributed by atoms with Gasteiger partial charge in [-0.05, 0) is 53.1 Å². The Kier molecular flexibility index (Phi) is 4.57. The fourth-order valence-corrected chi connectivity index (χ4v) is 2.93. The molecule has 3 heteroatoms. The highest BCUT2D eigenvalue weighted by Crippen LogP contribution is 2.28. The Hall–Kier alpha value is 0.100. The predicted molar refractivity (Wildman–Crippen MR) is 70.9 cm³/mol. The molecule has 0 saturated heterocycles. The van der Waals surface area contributed by atoms with Crippen LogP contribution < -0.4 is 0 Å². The first kappa shape index (κ1) is 12.2. The number of ketones is 1. The van der Waals surface area contributed by atoms with Gasteiger partial charge in [0.25, 0.3) is 0 Å². The van der Waals surface area contributed by atoms with Crippen molar-refractivity contribution in [2.75, 3.05) is 0 Å². The zero-order chi connectivity index (χ0) is 10.7. The normalized spacial score (nSPS) is 12.6. The molecule has 0 saturated carbocycles. The summed E-state index contributed by atoms with van der Waals surface area (Å²) in [7, 11) is 0. The Morgan fingerprint density at radius 1 is 1.57 bits per heavy atom. The summed E-state index contributed by atoms with van der Waals surface area (Å²) in [6.07, 6.45) is 1.03. The van der Waals surface area contributed by atoms with Crippen LogP contribution in [0.25, 0.3) is 0 Å². The van der Waals surface area contributed by atoms with Gasteiger partial charge in [0.2, 0.25) is 0 Å². The SMILES string of the molecule is CCc1ccc(C(Br)C(C)=O)c(I)c1. The largest absolute Gasteiger partial charge is 0.298 e. The lowest BCUT2D eigenvalue weighted by molar-refractivity contribution is -0.116. The lowest BCUT2D eigenvalue weighted by Gasteiger charge is -2.10. The minimum atomic E-state index is -0.166. The standard InChI is InChI=1S/C11H12BrIO/c1-3-8-4-5-9(10(13)6-8)11(12)7(2)14/h4-6,11H,3H2,1-2H3. The van der Waals surface area contributed by atoms with E-state index in [0.717, 1.165) is 15.6 Å². The molecule has 0 heterocycles. The van der Waals surface area contributed by atoms with E-state index in [0.29, 0.717) is 0 Å². The van der Waals surface area contributed by atoms with Crippen LogP contribution in [0.15, 0.2) is 18.2 Å². The Balaban J connectivity index is 3.05. The second-order valence-corrected chi connectivity index (χ2v) is 5.26. The highest BCUT2D eigenvalue weighted by Gasteiger charge is 2.15. The molecule has 0 aromatic heterocycles. The molecule has 0 N–H and O–H groups in total. The summed E-state index contributed by atoms with van der Waals surface area (Å²) < 4.78 is 1.15. The number of hydrogen-bond donors (Lipinski definition) is 0. The molecule has 0 radical (unpaired) electrons. The highest BCUT2D eigenvalue weighted by molar-refractivity contribution is 14.1. The summed E-state index contributed by atoms with van der Waals surface area (Å²) in [6, 6.07) is 6.24. The average molecular weight is 367 g/mol. The van der Waals surface area contributed by atoms with Gasteiger partial charge in [-0.25, -0.2) is 0 Å². The van der Waals surface area contributed by atoms with E-state index in [1.165, 1.54) is 5.56 Å². The second-order valence-electron chi connectivity index (χ2n) is 3.18. The number of halogens is 2. The van der Waals surface area contributed by atoms with E-state index in [4.69, 9.17) is 0 Å². The molecule has 0 bridgehead atoms. The molecule has 1 atom stereocenters. The van der Waals surface area contributed by atoms with Gasteiger partial charge in [-0.3, -0.25) is 4.79 Å². The zero-order valence-electron chi connectivity index (χ0n) is 8.18. The molecular weight excluding hydrogens is 355 g/mol. The molecule has 0 fully saturated rings. The summed E-state index contributed by atoms with van der Waals surface area (Å²) in [6.45, 7) is 3.73. The van der Waals surface area contributed by atoms with Gasteiger partial charge >= 0.3 is 0 Å². The Bertz CT molecular complexity index is 349. The van der Waals surface area contributed by atoms with Gasteiger partial charge in [0.05, 0.1) is 4.83 Å². The first-order valence-corrected chi connectivity index (χ1v) is 6.48. The molecule has 0 amide bonds. The second kappa shape index (κ2) is 5.26. The summed E-state index contributed by atoms with van der Waals surface area (Å²) >= 11 is 5.67. The van der Waals surface area contributed by atoms with Crippen LogP contribution in [0, 0.1) is 3.57 Å². The molecule has 76 valence electrons. The van der Waals surface area contributed by atoms with Gasteiger partial charge in [-0.1, -0.05) is 35.0 Å². The average Bonchev–Trinajstić information content (AvgIpc) is 2.16. The van der Waals surface area contributed by atoms with E-state index >= 15 is 0 Å². The van der Waals surface area contributed by atoms with E-state index in [1.807, 2.05) is 6.07 Å². The third kappa shape index (κ3) is 2.79. The first-order valence-electron chi connectivity index (χ1n) is 4.49. The maximum atomic E-state index is 11.2. The van der Waals surface area contributed by atoms with Crippen molar-refractivity contribution in [1.82, 2.24) is 0 Å². The van der Waals surface area contributed by atoms with Gasteiger partial charge in [-0.2, -0.15) is 0 Å². The molecule has 1 rings (SSSR count). The molecule has 1 nitrogen and oxygen atoms in total. The third-order valence-corrected chi connectivity index (χ3v) is 4.18. The maximum Gasteiger partial charge on any atom is 0.147 e. The van der Waals surface area contributed by atoms with Crippen LogP contribution in [0.2, 0.25) is 0 Å². The predicted octanol–water partition coefficient (Wildman–Crippen LogP) is 3.88. The number of hydrogen-bond acceptors (Lipinski definition) is 1. The monoisotopic (exact) mass is 366 g/mol. The Morgan fingerprint density at radius 3 is 2.64 bits per heavy atom. The van der Waals surface area contributed by atoms with E-state index in [9.17, 15) is 4.79 Å². The maximum absolute atomic E-state index is 11.2. The molecule has 14 heavy (non-hydrogen) atoms. The van der Waals surface area contributed by atoms with Gasteiger partial charge in [0.15, 0.2) is 0 Å². The summed E-state index contributed by atoms with van der Waals surface area (Å²) in [5, 5.41) is 0. The van der Waals surface area contributed by atoms with Crippen LogP contribution in [-0.4, -0.2) is 5.78 Å². The van der Waals surface area contributed by atoms with Gasteiger partial charge in [0, 0.05) is 3.57 Å². The van der Waals surface area contributed by atoms with Crippen molar-refractivity contribution in [3.05, 3.63) is 32.9 Å². The molecule has 1 aromatic carbocycles. The number of Topliss-reactive ketones (excluding diaryl/α,β-unsaturated/α-hetero) is 1. The minimum Gasteiger partial charge on any atom is -0.298 e. The van der Waals surface area contributed by atoms with Crippen molar-refractivity contribution in [2.45, 2.75) is 25.1 Å². The molecule has 1 aromatic rings. The fraction of sp³-hybridized carbons (Fsp3) is 0.364. The van der Waals surface area contributed by atoms with Crippen molar-refractivity contribution < 1.29 is 4.79 Å². The fourth-order valence-electron chi connectivity index (χ4n) is 1.22. The molecule has 0 aliphatic rings. The van der Waals surface area contributed by atoms with E-state index in [-0.39, 0.29) is 10.6 Å². The molecule has 0 spiro atoms. The number of rotatable bonds is 3. The summed E-state index contributed by atoms with van der Waals surface area (Å²) in [4.78, 5) is 11.0. The topological polar surface area (TPSA) is 17.1 Å². The van der Waals surface area contributed by atoms with Crippen LogP contribution in [0.1, 0.15) is 29.8 Å². The van der Waals surface area contributed by atoms with Crippen molar-refractivity contribution >= 4 is 44.3 Å². The van der Waals surface area contributed by atoms with Crippen molar-refractivity contribution in [3.63, 3.8) is 0 Å². The van der Waals surface area contributed by atoms with Crippen LogP contribution >= 0.6 is 38.5 Å². The lowest BCUT2D eigenvalue weighted by atomic mass is 10.1. The van der Waals surface area contributed by atoms with Crippen LogP contribution in [0.5, 0.6) is 0 Å².